The molecule has 7 aliphatic rings. The molecule has 0 saturated heterocycles. The van der Waals surface area contributed by atoms with Gasteiger partial charge in [-0.1, -0.05) is 135 Å². The van der Waals surface area contributed by atoms with Gasteiger partial charge in [0.1, 0.15) is 11.2 Å². The quantitative estimate of drug-likeness (QED) is 0.172. The summed E-state index contributed by atoms with van der Waals surface area (Å²) < 4.78 is 6.68. The predicted octanol–water partition coefficient (Wildman–Crippen LogP) is 17.3. The molecule has 5 saturated carbocycles. The molecular weight excluding hydrogens is 799 g/mol. The Morgan fingerprint density at radius 2 is 0.909 bits per heavy atom. The zero-order valence-corrected chi connectivity index (χ0v) is 37.5. The molecule has 4 bridgehead atoms. The van der Waals surface area contributed by atoms with Crippen molar-refractivity contribution in [3.8, 4) is 44.5 Å². The van der Waals surface area contributed by atoms with Crippen molar-refractivity contribution in [3.63, 3.8) is 0 Å². The van der Waals surface area contributed by atoms with Gasteiger partial charge in [-0.2, -0.15) is 0 Å². The first-order chi connectivity index (χ1) is 32.6. The number of rotatable bonds is 5. The van der Waals surface area contributed by atoms with Gasteiger partial charge in [0.05, 0.1) is 0 Å². The Balaban J connectivity index is 0.869. The van der Waals surface area contributed by atoms with Crippen molar-refractivity contribution in [2.75, 3.05) is 4.90 Å². The van der Waals surface area contributed by atoms with Gasteiger partial charge in [0.25, 0.3) is 0 Å². The highest BCUT2D eigenvalue weighted by Crippen LogP contribution is 2.69. The van der Waals surface area contributed by atoms with Crippen molar-refractivity contribution in [1.29, 1.82) is 0 Å². The molecule has 8 aromatic carbocycles. The van der Waals surface area contributed by atoms with E-state index in [4.69, 9.17) is 4.42 Å². The summed E-state index contributed by atoms with van der Waals surface area (Å²) in [6.07, 6.45) is 13.4. The molecule has 0 radical (unpaired) electrons. The normalized spacial score (nSPS) is 23.6. The SMILES string of the molecule is c1ccc(-c2ccc(N(c3ccc4c(c3)C3(CCCCC3)c3ccccc3-4)c3ccc4oc5ccc(-c6ccc7c(c6)C6(c8ccccc8-7)C7CC8CC(C7)CC6C8)cc5c4c3)cc2)cc1. The van der Waals surface area contributed by atoms with E-state index in [1.807, 2.05) is 0 Å². The molecule has 1 heterocycles. The van der Waals surface area contributed by atoms with Crippen LogP contribution in [0.1, 0.15) is 86.5 Å². The van der Waals surface area contributed by atoms with Crippen molar-refractivity contribution in [2.45, 2.75) is 75.0 Å². The first-order valence-electron chi connectivity index (χ1n) is 25.0. The molecular formula is C64H53NO. The Labute approximate surface area is 387 Å². The first kappa shape index (κ1) is 37.6. The number of hydrogen-bond acceptors (Lipinski definition) is 2. The summed E-state index contributed by atoms with van der Waals surface area (Å²) in [6.45, 7) is 0. The maximum Gasteiger partial charge on any atom is 0.135 e. The van der Waals surface area contributed by atoms with Gasteiger partial charge in [0.2, 0.25) is 0 Å². The van der Waals surface area contributed by atoms with E-state index in [0.29, 0.717) is 0 Å². The van der Waals surface area contributed by atoms with Gasteiger partial charge in [-0.05, 0) is 196 Å². The van der Waals surface area contributed by atoms with Crippen molar-refractivity contribution in [2.24, 2.45) is 23.7 Å². The van der Waals surface area contributed by atoms with Crippen molar-refractivity contribution in [3.05, 3.63) is 198 Å². The minimum atomic E-state index is 0.0697. The maximum atomic E-state index is 6.68. The minimum absolute atomic E-state index is 0.0697. The van der Waals surface area contributed by atoms with Crippen molar-refractivity contribution in [1.82, 2.24) is 0 Å². The van der Waals surface area contributed by atoms with Gasteiger partial charge in [0.15, 0.2) is 0 Å². The van der Waals surface area contributed by atoms with Crippen LogP contribution >= 0.6 is 0 Å². The molecule has 0 N–H and O–H groups in total. The molecule has 0 atom stereocenters. The molecule has 5 fully saturated rings. The van der Waals surface area contributed by atoms with Gasteiger partial charge in [0, 0.05) is 38.7 Å². The fraction of sp³-hybridized carbons (Fsp3) is 0.250. The molecule has 320 valence electrons. The van der Waals surface area contributed by atoms with Crippen LogP contribution in [0.2, 0.25) is 0 Å². The lowest BCUT2D eigenvalue weighted by molar-refractivity contribution is -0.0399. The number of nitrogens with zero attached hydrogens (tertiary/aromatic N) is 1. The van der Waals surface area contributed by atoms with E-state index in [1.165, 1.54) is 131 Å². The van der Waals surface area contributed by atoms with Gasteiger partial charge in [-0.15, -0.1) is 0 Å². The molecule has 0 unspecified atom stereocenters. The standard InChI is InChI=1S/C64H53NO/c1-3-11-42(12-4-1)43-17-21-48(22-18-43)65(50-23-26-53-51-13-5-7-15-57(51)63(59(53)39-50)29-9-2-10-30-63)49-24-28-62-56(38-49)55-36-44(20-27-61(55)66-62)45-19-25-54-52-14-6-8-16-58(52)64(60(54)37-45)46-32-40-31-41(34-46)35-47(64)33-40/h1,3-8,11-28,36-41,46-47H,2,9-10,29-35H2. The summed E-state index contributed by atoms with van der Waals surface area (Å²) in [5, 5.41) is 2.32. The van der Waals surface area contributed by atoms with Crippen molar-refractivity contribution >= 4 is 39.0 Å². The lowest BCUT2D eigenvalue weighted by Crippen LogP contribution is -2.55. The van der Waals surface area contributed by atoms with E-state index in [2.05, 4.69) is 181 Å². The third kappa shape index (κ3) is 5.19. The van der Waals surface area contributed by atoms with Crippen LogP contribution in [-0.2, 0) is 10.8 Å². The number of anilines is 3. The lowest BCUT2D eigenvalue weighted by atomic mass is 9.43. The van der Waals surface area contributed by atoms with Crippen molar-refractivity contribution < 1.29 is 4.42 Å². The maximum absolute atomic E-state index is 6.68. The van der Waals surface area contributed by atoms with Crippen LogP contribution in [0.3, 0.4) is 0 Å². The molecule has 1 aromatic heterocycles. The second kappa shape index (κ2) is 13.9. The van der Waals surface area contributed by atoms with E-state index in [1.54, 1.807) is 11.1 Å². The fourth-order valence-electron chi connectivity index (χ4n) is 15.6. The Kier molecular flexibility index (Phi) is 7.94. The minimum Gasteiger partial charge on any atom is -0.456 e. The van der Waals surface area contributed by atoms with Gasteiger partial charge in [-0.3, -0.25) is 0 Å². The molecule has 0 aliphatic heterocycles. The van der Waals surface area contributed by atoms with Gasteiger partial charge in [-0.25, -0.2) is 0 Å². The summed E-state index contributed by atoms with van der Waals surface area (Å²) in [5.41, 5.74) is 22.6. The van der Waals surface area contributed by atoms with E-state index >= 15 is 0 Å². The zero-order chi connectivity index (χ0) is 43.1. The average molecular weight is 852 g/mol. The summed E-state index contributed by atoms with van der Waals surface area (Å²) >= 11 is 0. The third-order valence-electron chi connectivity index (χ3n) is 18.0. The van der Waals surface area contributed by atoms with Crippen LogP contribution in [-0.4, -0.2) is 0 Å². The zero-order valence-electron chi connectivity index (χ0n) is 37.5. The van der Waals surface area contributed by atoms with Crippen LogP contribution < -0.4 is 4.90 Å². The summed E-state index contributed by atoms with van der Waals surface area (Å²) in [4.78, 5) is 2.49. The average Bonchev–Trinajstić information content (AvgIpc) is 3.97. The van der Waals surface area contributed by atoms with Crippen LogP contribution in [0, 0.1) is 23.7 Å². The van der Waals surface area contributed by atoms with Crippen LogP contribution in [0.4, 0.5) is 17.1 Å². The number of hydrogen-bond donors (Lipinski definition) is 0. The molecule has 16 rings (SSSR count). The second-order valence-electron chi connectivity index (χ2n) is 21.1. The fourth-order valence-corrected chi connectivity index (χ4v) is 15.6. The summed E-state index contributed by atoms with van der Waals surface area (Å²) in [7, 11) is 0. The molecule has 2 nitrogen and oxygen atoms in total. The molecule has 2 heteroatoms. The monoisotopic (exact) mass is 851 g/mol. The second-order valence-corrected chi connectivity index (χ2v) is 21.1. The van der Waals surface area contributed by atoms with E-state index in [9.17, 15) is 0 Å². The highest BCUT2D eigenvalue weighted by molar-refractivity contribution is 6.08. The first-order valence-corrected chi connectivity index (χ1v) is 25.0. The van der Waals surface area contributed by atoms with Crippen LogP contribution in [0.15, 0.2) is 180 Å². The summed E-state index contributed by atoms with van der Waals surface area (Å²) in [5.74, 6) is 3.35. The van der Waals surface area contributed by atoms with Gasteiger partial charge < -0.3 is 9.32 Å². The molecule has 66 heavy (non-hydrogen) atoms. The number of fused-ring (bicyclic) bond motifs is 11. The highest BCUT2D eigenvalue weighted by Gasteiger charge is 2.61. The Morgan fingerprint density at radius 1 is 0.379 bits per heavy atom. The molecule has 0 amide bonds. The molecule has 7 aliphatic carbocycles. The Hall–Kier alpha value is -6.64. The predicted molar refractivity (Wildman–Crippen MR) is 272 cm³/mol. The Morgan fingerprint density at radius 3 is 1.68 bits per heavy atom. The number of benzene rings is 8. The third-order valence-corrected chi connectivity index (χ3v) is 18.0. The van der Waals surface area contributed by atoms with Crippen LogP contribution in [0.5, 0.6) is 0 Å². The van der Waals surface area contributed by atoms with Crippen LogP contribution in [0.25, 0.3) is 66.4 Å². The topological polar surface area (TPSA) is 16.4 Å². The number of furan rings is 1. The van der Waals surface area contributed by atoms with E-state index in [-0.39, 0.29) is 10.8 Å². The molecule has 2 spiro atoms. The highest BCUT2D eigenvalue weighted by atomic mass is 16.3. The van der Waals surface area contributed by atoms with E-state index in [0.717, 1.165) is 51.6 Å². The lowest BCUT2D eigenvalue weighted by Gasteiger charge is -2.61. The van der Waals surface area contributed by atoms with E-state index < -0.39 is 0 Å². The Bertz CT molecular complexity index is 3390. The smallest absolute Gasteiger partial charge is 0.135 e. The molecule has 9 aromatic rings. The largest absolute Gasteiger partial charge is 0.456 e. The van der Waals surface area contributed by atoms with Gasteiger partial charge >= 0.3 is 0 Å². The summed E-state index contributed by atoms with van der Waals surface area (Å²) in [6, 6.07) is 67.2.